The van der Waals surface area contributed by atoms with Gasteiger partial charge in [-0.1, -0.05) is 0 Å². The number of rotatable bonds is 5. The van der Waals surface area contributed by atoms with E-state index < -0.39 is 30.9 Å². The Balaban J connectivity index is 2.79. The van der Waals surface area contributed by atoms with Crippen molar-refractivity contribution in [2.75, 3.05) is 13.1 Å². The van der Waals surface area contributed by atoms with Crippen molar-refractivity contribution in [2.45, 2.75) is 0 Å². The first-order valence-electron chi connectivity index (χ1n) is 4.29. The number of aromatic amines is 1. The summed E-state index contributed by atoms with van der Waals surface area (Å²) in [5, 5.41) is 14.5. The number of amides is 2. The van der Waals surface area contributed by atoms with E-state index in [2.05, 4.69) is 10.2 Å². The highest BCUT2D eigenvalue weighted by atomic mass is 16.4. The van der Waals surface area contributed by atoms with E-state index in [1.807, 2.05) is 0 Å². The predicted octanol–water partition coefficient (Wildman–Crippen LogP) is -1.58. The minimum absolute atomic E-state index is 0.169. The summed E-state index contributed by atoms with van der Waals surface area (Å²) in [4.78, 5) is 33.7. The number of hydrogen-bond donors (Lipinski definition) is 3. The minimum Gasteiger partial charge on any atom is -0.480 e. The number of hydrogen-bond acceptors (Lipinski definition) is 4. The van der Waals surface area contributed by atoms with E-state index in [1.165, 1.54) is 12.4 Å². The highest BCUT2D eigenvalue weighted by Crippen LogP contribution is 2.01. The van der Waals surface area contributed by atoms with Gasteiger partial charge >= 0.3 is 5.97 Å². The van der Waals surface area contributed by atoms with Gasteiger partial charge in [-0.25, -0.2) is 0 Å². The van der Waals surface area contributed by atoms with Crippen LogP contribution in [0.25, 0.3) is 0 Å². The molecular formula is C8H10N4O4. The average Bonchev–Trinajstić information content (AvgIpc) is 2.66. The summed E-state index contributed by atoms with van der Waals surface area (Å²) in [7, 11) is 0. The lowest BCUT2D eigenvalue weighted by atomic mass is 10.3. The summed E-state index contributed by atoms with van der Waals surface area (Å²) in [6.45, 7) is -1.04. The number of carboxylic acids is 1. The van der Waals surface area contributed by atoms with Crippen molar-refractivity contribution < 1.29 is 19.5 Å². The van der Waals surface area contributed by atoms with Crippen molar-refractivity contribution in [3.8, 4) is 0 Å². The van der Waals surface area contributed by atoms with E-state index in [0.29, 0.717) is 0 Å². The van der Waals surface area contributed by atoms with Crippen molar-refractivity contribution in [2.24, 2.45) is 5.73 Å². The number of carboxylic acid groups (broad SMARTS) is 1. The molecule has 86 valence electrons. The normalized spacial score (nSPS) is 9.75. The van der Waals surface area contributed by atoms with E-state index in [1.54, 1.807) is 0 Å². The fraction of sp³-hybridized carbons (Fsp3) is 0.250. The highest BCUT2D eigenvalue weighted by molar-refractivity contribution is 5.97. The molecule has 1 aromatic heterocycles. The van der Waals surface area contributed by atoms with Gasteiger partial charge in [0.05, 0.1) is 11.8 Å². The van der Waals surface area contributed by atoms with E-state index >= 15 is 0 Å². The van der Waals surface area contributed by atoms with Crippen molar-refractivity contribution in [3.63, 3.8) is 0 Å². The van der Waals surface area contributed by atoms with Gasteiger partial charge in [-0.05, 0) is 0 Å². The lowest BCUT2D eigenvalue weighted by molar-refractivity contribution is -0.138. The number of primary amides is 1. The molecule has 0 saturated heterocycles. The van der Waals surface area contributed by atoms with Gasteiger partial charge in [-0.2, -0.15) is 5.10 Å². The molecule has 0 spiro atoms. The number of carbonyl (C=O) groups excluding carboxylic acids is 2. The number of nitrogens with zero attached hydrogens (tertiary/aromatic N) is 2. The number of carbonyl (C=O) groups is 3. The Kier molecular flexibility index (Phi) is 3.59. The van der Waals surface area contributed by atoms with Gasteiger partial charge in [0.2, 0.25) is 5.91 Å². The Bertz CT molecular complexity index is 384. The summed E-state index contributed by atoms with van der Waals surface area (Å²) in [6.07, 6.45) is 2.54. The molecule has 0 bridgehead atoms. The third-order valence-electron chi connectivity index (χ3n) is 1.71. The molecule has 0 radical (unpaired) electrons. The van der Waals surface area contributed by atoms with Crippen LogP contribution in [0.1, 0.15) is 10.4 Å². The fourth-order valence-corrected chi connectivity index (χ4v) is 1.10. The second kappa shape index (κ2) is 4.91. The van der Waals surface area contributed by atoms with Crippen LogP contribution >= 0.6 is 0 Å². The predicted molar refractivity (Wildman–Crippen MR) is 51.3 cm³/mol. The third-order valence-corrected chi connectivity index (χ3v) is 1.71. The van der Waals surface area contributed by atoms with Crippen molar-refractivity contribution >= 4 is 17.8 Å². The second-order valence-electron chi connectivity index (χ2n) is 3.01. The first-order valence-corrected chi connectivity index (χ1v) is 4.29. The quantitative estimate of drug-likeness (QED) is 0.558. The average molecular weight is 226 g/mol. The fourth-order valence-electron chi connectivity index (χ4n) is 1.10. The van der Waals surface area contributed by atoms with E-state index in [9.17, 15) is 14.4 Å². The molecule has 0 aliphatic rings. The molecule has 0 saturated carbocycles. The molecule has 0 aromatic carbocycles. The van der Waals surface area contributed by atoms with Gasteiger partial charge in [0, 0.05) is 6.20 Å². The summed E-state index contributed by atoms with van der Waals surface area (Å²) < 4.78 is 0. The molecule has 8 heteroatoms. The van der Waals surface area contributed by atoms with E-state index in [0.717, 1.165) is 4.90 Å². The molecule has 0 atom stereocenters. The molecular weight excluding hydrogens is 216 g/mol. The summed E-state index contributed by atoms with van der Waals surface area (Å²) in [5.41, 5.74) is 5.08. The Morgan fingerprint density at radius 2 is 2.12 bits per heavy atom. The Morgan fingerprint density at radius 1 is 1.44 bits per heavy atom. The van der Waals surface area contributed by atoms with Crippen LogP contribution < -0.4 is 5.73 Å². The van der Waals surface area contributed by atoms with Gasteiger partial charge in [0.25, 0.3) is 5.91 Å². The Morgan fingerprint density at radius 3 is 2.56 bits per heavy atom. The van der Waals surface area contributed by atoms with Crippen LogP contribution in [-0.2, 0) is 9.59 Å². The monoisotopic (exact) mass is 226 g/mol. The number of H-pyrrole nitrogens is 1. The van der Waals surface area contributed by atoms with Crippen LogP contribution in [0.4, 0.5) is 0 Å². The van der Waals surface area contributed by atoms with Crippen LogP contribution in [0.2, 0.25) is 0 Å². The molecule has 1 heterocycles. The zero-order chi connectivity index (χ0) is 12.1. The second-order valence-corrected chi connectivity index (χ2v) is 3.01. The molecule has 2 amide bonds. The van der Waals surface area contributed by atoms with E-state index in [4.69, 9.17) is 10.8 Å². The molecule has 0 aliphatic carbocycles. The smallest absolute Gasteiger partial charge is 0.323 e. The summed E-state index contributed by atoms with van der Waals surface area (Å²) >= 11 is 0. The Labute approximate surface area is 90.0 Å². The molecule has 8 nitrogen and oxygen atoms in total. The van der Waals surface area contributed by atoms with Crippen LogP contribution in [-0.4, -0.2) is 51.1 Å². The van der Waals surface area contributed by atoms with Crippen molar-refractivity contribution in [1.29, 1.82) is 0 Å². The van der Waals surface area contributed by atoms with Gasteiger partial charge in [0.15, 0.2) is 0 Å². The van der Waals surface area contributed by atoms with E-state index in [-0.39, 0.29) is 5.56 Å². The van der Waals surface area contributed by atoms with Gasteiger partial charge in [0.1, 0.15) is 13.1 Å². The maximum absolute atomic E-state index is 11.7. The lowest BCUT2D eigenvalue weighted by Gasteiger charge is -2.17. The molecule has 4 N–H and O–H groups in total. The first kappa shape index (κ1) is 11.7. The molecule has 16 heavy (non-hydrogen) atoms. The number of aromatic nitrogens is 2. The zero-order valence-electron chi connectivity index (χ0n) is 8.21. The molecule has 0 fully saturated rings. The molecule has 1 rings (SSSR count). The number of nitrogens with one attached hydrogen (secondary N) is 1. The SMILES string of the molecule is NC(=O)CN(CC(=O)O)C(=O)c1cn[nH]c1. The summed E-state index contributed by atoms with van der Waals surface area (Å²) in [6, 6.07) is 0. The first-order chi connectivity index (χ1) is 7.50. The molecule has 0 aliphatic heterocycles. The van der Waals surface area contributed by atoms with Crippen LogP contribution in [0.15, 0.2) is 12.4 Å². The third kappa shape index (κ3) is 3.08. The highest BCUT2D eigenvalue weighted by Gasteiger charge is 2.20. The number of nitrogens with two attached hydrogens (primary N) is 1. The van der Waals surface area contributed by atoms with Crippen LogP contribution in [0.3, 0.4) is 0 Å². The van der Waals surface area contributed by atoms with Gasteiger partial charge < -0.3 is 15.7 Å². The maximum Gasteiger partial charge on any atom is 0.323 e. The lowest BCUT2D eigenvalue weighted by Crippen LogP contribution is -2.41. The van der Waals surface area contributed by atoms with Crippen molar-refractivity contribution in [3.05, 3.63) is 18.0 Å². The summed E-state index contributed by atoms with van der Waals surface area (Å²) in [5.74, 6) is -2.62. The standard InChI is InChI=1S/C8H10N4O4/c9-6(13)3-12(4-7(14)15)8(16)5-1-10-11-2-5/h1-2H,3-4H2,(H2,9,13)(H,10,11)(H,14,15). The molecule has 1 aromatic rings. The maximum atomic E-state index is 11.7. The zero-order valence-corrected chi connectivity index (χ0v) is 8.21. The number of aliphatic carboxylic acids is 1. The Hall–Kier alpha value is -2.38. The van der Waals surface area contributed by atoms with Crippen molar-refractivity contribution in [1.82, 2.24) is 15.1 Å². The minimum atomic E-state index is -1.22. The van der Waals surface area contributed by atoms with Crippen LogP contribution in [0.5, 0.6) is 0 Å². The topological polar surface area (TPSA) is 129 Å². The van der Waals surface area contributed by atoms with Crippen LogP contribution in [0, 0.1) is 0 Å². The van der Waals surface area contributed by atoms with Gasteiger partial charge in [-0.15, -0.1) is 0 Å². The largest absolute Gasteiger partial charge is 0.480 e. The van der Waals surface area contributed by atoms with Gasteiger partial charge in [-0.3, -0.25) is 19.5 Å². The molecule has 0 unspecified atom stereocenters.